The molecule has 2 heterocycles. The molecule has 1 N–H and O–H groups in total. The fraction of sp³-hybridized carbons (Fsp3) is 0.591. The number of hydrogen-bond donors (Lipinski definition) is 1. The quantitative estimate of drug-likeness (QED) is 0.820. The Labute approximate surface area is 155 Å². The number of H-pyrrole nitrogens is 1. The third-order valence-corrected chi connectivity index (χ3v) is 6.46. The number of ether oxygens (including phenoxy) is 1. The van der Waals surface area contributed by atoms with Crippen LogP contribution >= 0.6 is 0 Å². The summed E-state index contributed by atoms with van der Waals surface area (Å²) >= 11 is 0. The highest BCUT2D eigenvalue weighted by atomic mass is 16.5. The van der Waals surface area contributed by atoms with Crippen molar-refractivity contribution in [1.29, 1.82) is 0 Å². The number of hydrogen-bond acceptors (Lipinski definition) is 3. The average molecular weight is 354 g/mol. The average Bonchev–Trinajstić information content (AvgIpc) is 3.24. The maximum Gasteiger partial charge on any atom is 0.313 e. The monoisotopic (exact) mass is 354 g/mol. The second-order valence-electron chi connectivity index (χ2n) is 8.20. The predicted octanol–water partition coefficient (Wildman–Crippen LogP) is 4.15. The minimum atomic E-state index is -0.270. The van der Waals surface area contributed by atoms with E-state index in [2.05, 4.69) is 47.3 Å². The molecule has 0 radical (unpaired) electrons. The van der Waals surface area contributed by atoms with E-state index < -0.39 is 0 Å². The number of fused-ring (bicyclic) bond motifs is 2. The fourth-order valence-electron chi connectivity index (χ4n) is 5.48. The molecular weight excluding hydrogens is 324 g/mol. The van der Waals surface area contributed by atoms with E-state index in [4.69, 9.17) is 4.74 Å². The van der Waals surface area contributed by atoms with Crippen molar-refractivity contribution in [2.45, 2.75) is 52.0 Å². The lowest BCUT2D eigenvalue weighted by atomic mass is 9.71. The van der Waals surface area contributed by atoms with Crippen molar-refractivity contribution in [2.24, 2.45) is 11.3 Å². The van der Waals surface area contributed by atoms with Crippen LogP contribution < -0.4 is 0 Å². The Kier molecular flexibility index (Phi) is 4.78. The van der Waals surface area contributed by atoms with Crippen molar-refractivity contribution in [3.8, 4) is 0 Å². The highest BCUT2D eigenvalue weighted by Crippen LogP contribution is 2.50. The van der Waals surface area contributed by atoms with E-state index in [0.29, 0.717) is 18.6 Å². The Morgan fingerprint density at radius 3 is 3.08 bits per heavy atom. The summed E-state index contributed by atoms with van der Waals surface area (Å²) in [5, 5.41) is 1.32. The molecule has 140 valence electrons. The largest absolute Gasteiger partial charge is 0.466 e. The number of likely N-dealkylation sites (tertiary alicyclic amines) is 1. The number of carbonyl (C=O) groups is 1. The van der Waals surface area contributed by atoms with Crippen LogP contribution in [0.2, 0.25) is 0 Å². The molecule has 2 aliphatic rings. The molecule has 0 spiro atoms. The number of rotatable bonds is 5. The van der Waals surface area contributed by atoms with Crippen LogP contribution in [0.5, 0.6) is 0 Å². The highest BCUT2D eigenvalue weighted by Gasteiger charge is 2.55. The van der Waals surface area contributed by atoms with Crippen LogP contribution in [0.15, 0.2) is 30.5 Å². The first-order valence-electron chi connectivity index (χ1n) is 10.1. The van der Waals surface area contributed by atoms with Gasteiger partial charge in [0.15, 0.2) is 0 Å². The van der Waals surface area contributed by atoms with Gasteiger partial charge >= 0.3 is 5.97 Å². The van der Waals surface area contributed by atoms with Crippen LogP contribution in [0.1, 0.15) is 45.1 Å². The molecule has 0 bridgehead atoms. The lowest BCUT2D eigenvalue weighted by molar-refractivity contribution is -0.163. The van der Waals surface area contributed by atoms with E-state index in [9.17, 15) is 4.79 Å². The summed E-state index contributed by atoms with van der Waals surface area (Å²) < 4.78 is 5.52. The van der Waals surface area contributed by atoms with Gasteiger partial charge in [0.05, 0.1) is 12.0 Å². The van der Waals surface area contributed by atoms with Gasteiger partial charge in [-0.25, -0.2) is 0 Å². The van der Waals surface area contributed by atoms with Gasteiger partial charge in [0.25, 0.3) is 0 Å². The lowest BCUT2D eigenvalue weighted by Gasteiger charge is -2.47. The molecule has 26 heavy (non-hydrogen) atoms. The maximum absolute atomic E-state index is 12.8. The third kappa shape index (κ3) is 2.94. The van der Waals surface area contributed by atoms with Crippen molar-refractivity contribution in [2.75, 3.05) is 19.7 Å². The number of aromatic amines is 1. The van der Waals surface area contributed by atoms with Crippen molar-refractivity contribution in [3.63, 3.8) is 0 Å². The zero-order valence-corrected chi connectivity index (χ0v) is 16.0. The van der Waals surface area contributed by atoms with Gasteiger partial charge in [0, 0.05) is 36.2 Å². The Hall–Kier alpha value is -1.81. The number of nitrogens with zero attached hydrogens (tertiary/aromatic N) is 1. The molecule has 2 aromatic rings. The Morgan fingerprint density at radius 1 is 1.38 bits per heavy atom. The minimum absolute atomic E-state index is 0.0474. The Morgan fingerprint density at radius 2 is 2.23 bits per heavy atom. The number of piperidine rings is 1. The molecule has 1 aliphatic heterocycles. The van der Waals surface area contributed by atoms with Crippen molar-refractivity contribution in [3.05, 3.63) is 36.0 Å². The first-order chi connectivity index (χ1) is 12.6. The first-order valence-corrected chi connectivity index (χ1v) is 10.1. The SMILES string of the molecule is CCOC(=O)[C@@]12CCC[C@H]1N(CCc1c[nH]c3ccccc13)C[C@@H](C)C2. The predicted molar refractivity (Wildman–Crippen MR) is 104 cm³/mol. The van der Waals surface area contributed by atoms with Gasteiger partial charge in [0.1, 0.15) is 0 Å². The van der Waals surface area contributed by atoms with Crippen LogP contribution in [0, 0.1) is 11.3 Å². The summed E-state index contributed by atoms with van der Waals surface area (Å²) in [6.45, 7) is 6.79. The smallest absolute Gasteiger partial charge is 0.313 e. The second kappa shape index (κ2) is 7.07. The molecule has 3 atom stereocenters. The van der Waals surface area contributed by atoms with Crippen LogP contribution in [0.4, 0.5) is 0 Å². The van der Waals surface area contributed by atoms with Gasteiger partial charge in [0.2, 0.25) is 0 Å². The molecule has 4 rings (SSSR count). The van der Waals surface area contributed by atoms with E-state index in [1.165, 1.54) is 16.5 Å². The number of aromatic nitrogens is 1. The molecule has 1 aromatic carbocycles. The molecule has 1 aromatic heterocycles. The molecule has 0 amide bonds. The number of benzene rings is 1. The van der Waals surface area contributed by atoms with Crippen LogP contribution in [-0.2, 0) is 16.0 Å². The first kappa shape index (κ1) is 17.6. The third-order valence-electron chi connectivity index (χ3n) is 6.46. The van der Waals surface area contributed by atoms with Crippen LogP contribution in [-0.4, -0.2) is 41.6 Å². The van der Waals surface area contributed by atoms with E-state index >= 15 is 0 Å². The Bertz CT molecular complexity index is 783. The van der Waals surface area contributed by atoms with E-state index in [-0.39, 0.29) is 11.4 Å². The van der Waals surface area contributed by atoms with Gasteiger partial charge in [-0.2, -0.15) is 0 Å². The molecule has 0 unspecified atom stereocenters. The van der Waals surface area contributed by atoms with Gasteiger partial charge < -0.3 is 9.72 Å². The van der Waals surface area contributed by atoms with Gasteiger partial charge in [-0.05, 0) is 50.2 Å². The summed E-state index contributed by atoms with van der Waals surface area (Å²) in [4.78, 5) is 18.8. The number of carbonyl (C=O) groups excluding carboxylic acids is 1. The molecule has 1 aliphatic carbocycles. The highest BCUT2D eigenvalue weighted by molar-refractivity contribution is 5.83. The van der Waals surface area contributed by atoms with E-state index in [1.54, 1.807) is 0 Å². The summed E-state index contributed by atoms with van der Waals surface area (Å²) in [5.74, 6) is 0.586. The number of para-hydroxylation sites is 1. The summed E-state index contributed by atoms with van der Waals surface area (Å²) in [5.41, 5.74) is 2.31. The zero-order valence-electron chi connectivity index (χ0n) is 16.0. The van der Waals surface area contributed by atoms with E-state index in [1.807, 2.05) is 6.92 Å². The molecule has 1 saturated heterocycles. The summed E-state index contributed by atoms with van der Waals surface area (Å²) in [7, 11) is 0. The molecule has 4 heteroatoms. The second-order valence-corrected chi connectivity index (χ2v) is 8.20. The molecule has 2 fully saturated rings. The maximum atomic E-state index is 12.8. The van der Waals surface area contributed by atoms with Crippen LogP contribution in [0.3, 0.4) is 0 Å². The zero-order chi connectivity index (χ0) is 18.1. The van der Waals surface area contributed by atoms with Gasteiger partial charge in [-0.3, -0.25) is 9.69 Å². The Balaban J connectivity index is 1.53. The van der Waals surface area contributed by atoms with Crippen LogP contribution in [0.25, 0.3) is 10.9 Å². The summed E-state index contributed by atoms with van der Waals surface area (Å²) in [6.07, 6.45) is 7.40. The van der Waals surface area contributed by atoms with E-state index in [0.717, 1.165) is 45.2 Å². The van der Waals surface area contributed by atoms with Crippen molar-refractivity contribution in [1.82, 2.24) is 9.88 Å². The molecule has 4 nitrogen and oxygen atoms in total. The van der Waals surface area contributed by atoms with Crippen molar-refractivity contribution < 1.29 is 9.53 Å². The molecule has 1 saturated carbocycles. The number of nitrogens with one attached hydrogen (secondary N) is 1. The van der Waals surface area contributed by atoms with Gasteiger partial charge in [-0.15, -0.1) is 0 Å². The summed E-state index contributed by atoms with van der Waals surface area (Å²) in [6, 6.07) is 8.85. The fourth-order valence-corrected chi connectivity index (χ4v) is 5.48. The minimum Gasteiger partial charge on any atom is -0.466 e. The van der Waals surface area contributed by atoms with Crippen molar-refractivity contribution >= 4 is 16.9 Å². The van der Waals surface area contributed by atoms with Gasteiger partial charge in [-0.1, -0.05) is 31.5 Å². The topological polar surface area (TPSA) is 45.3 Å². The standard InChI is InChI=1S/C22H30N2O2/c1-3-26-21(25)22-11-6-9-20(22)24(15-16(2)13-22)12-10-17-14-23-19-8-5-4-7-18(17)19/h4-5,7-8,14,16,20,23H,3,6,9-13,15H2,1-2H3/t16-,20+,22+/m0/s1. The lowest BCUT2D eigenvalue weighted by Crippen LogP contribution is -2.56. The normalized spacial score (nSPS) is 29.0. The number of esters is 1. The molecular formula is C22H30N2O2.